The van der Waals surface area contributed by atoms with Crippen LogP contribution in [0.5, 0.6) is 5.75 Å². The first-order chi connectivity index (χ1) is 12.4. The summed E-state index contributed by atoms with van der Waals surface area (Å²) in [5.41, 5.74) is 0.510. The van der Waals surface area contributed by atoms with Crippen LogP contribution in [0.15, 0.2) is 47.1 Å². The van der Waals surface area contributed by atoms with Gasteiger partial charge in [0.2, 0.25) is 0 Å². The number of hydrogen-bond acceptors (Lipinski definition) is 4. The van der Waals surface area contributed by atoms with Gasteiger partial charge in [0.1, 0.15) is 17.1 Å². The van der Waals surface area contributed by atoms with E-state index in [-0.39, 0.29) is 6.09 Å². The Balaban J connectivity index is 1.51. The van der Waals surface area contributed by atoms with Crippen molar-refractivity contribution in [3.63, 3.8) is 0 Å². The molecule has 1 fully saturated rings. The molecule has 0 N–H and O–H groups in total. The number of carbonyl (C=O) groups excluding carboxylic acids is 1. The molecule has 26 heavy (non-hydrogen) atoms. The average Bonchev–Trinajstić information content (AvgIpc) is 3.13. The monoisotopic (exact) mass is 357 g/mol. The van der Waals surface area contributed by atoms with Crippen molar-refractivity contribution in [3.8, 4) is 17.1 Å². The zero-order valence-corrected chi connectivity index (χ0v) is 15.7. The minimum atomic E-state index is -0.452. The molecule has 2 heterocycles. The predicted molar refractivity (Wildman–Crippen MR) is 100 cm³/mol. The second-order valence-electron chi connectivity index (χ2n) is 7.70. The van der Waals surface area contributed by atoms with Crippen LogP contribution in [0, 0.1) is 5.92 Å². The molecule has 1 aliphatic heterocycles. The van der Waals surface area contributed by atoms with Crippen LogP contribution in [0.4, 0.5) is 4.79 Å². The molecule has 0 saturated carbocycles. The van der Waals surface area contributed by atoms with Crippen molar-refractivity contribution in [1.29, 1.82) is 0 Å². The third-order valence-corrected chi connectivity index (χ3v) is 4.41. The summed E-state index contributed by atoms with van der Waals surface area (Å²) in [6.45, 7) is 7.73. The third kappa shape index (κ3) is 4.81. The maximum Gasteiger partial charge on any atom is 0.410 e. The fraction of sp³-hybridized carbons (Fsp3) is 0.476. The summed E-state index contributed by atoms with van der Waals surface area (Å²) >= 11 is 0. The van der Waals surface area contributed by atoms with E-state index in [1.165, 1.54) is 0 Å². The Morgan fingerprint density at radius 1 is 1.15 bits per heavy atom. The van der Waals surface area contributed by atoms with Crippen molar-refractivity contribution in [1.82, 2.24) is 4.90 Å². The van der Waals surface area contributed by atoms with Gasteiger partial charge in [-0.25, -0.2) is 4.79 Å². The number of nitrogens with zero attached hydrogens (tertiary/aromatic N) is 1. The maximum absolute atomic E-state index is 12.1. The van der Waals surface area contributed by atoms with Crippen LogP contribution in [0.25, 0.3) is 11.3 Å². The van der Waals surface area contributed by atoms with Gasteiger partial charge >= 0.3 is 6.09 Å². The number of likely N-dealkylation sites (tertiary alicyclic amines) is 1. The van der Waals surface area contributed by atoms with E-state index in [4.69, 9.17) is 13.9 Å². The van der Waals surface area contributed by atoms with Gasteiger partial charge in [0.05, 0.1) is 18.4 Å². The van der Waals surface area contributed by atoms with E-state index in [9.17, 15) is 4.79 Å². The minimum Gasteiger partial charge on any atom is -0.493 e. The highest BCUT2D eigenvalue weighted by Crippen LogP contribution is 2.31. The molecule has 0 radical (unpaired) electrons. The normalized spacial score (nSPS) is 15.7. The first-order valence-corrected chi connectivity index (χ1v) is 9.16. The number of rotatable bonds is 4. The van der Waals surface area contributed by atoms with Crippen LogP contribution in [-0.2, 0) is 4.74 Å². The Labute approximate surface area is 154 Å². The molecule has 1 aliphatic rings. The van der Waals surface area contributed by atoms with Crippen LogP contribution in [-0.4, -0.2) is 36.3 Å². The highest BCUT2D eigenvalue weighted by atomic mass is 16.6. The lowest BCUT2D eigenvalue weighted by atomic mass is 9.98. The number of ether oxygens (including phenoxy) is 2. The molecule has 1 aromatic heterocycles. The van der Waals surface area contributed by atoms with E-state index in [1.807, 2.05) is 57.2 Å². The Morgan fingerprint density at radius 2 is 1.88 bits per heavy atom. The molecule has 0 spiro atoms. The molecule has 5 heteroatoms. The van der Waals surface area contributed by atoms with E-state index in [1.54, 1.807) is 11.2 Å². The highest BCUT2D eigenvalue weighted by molar-refractivity contribution is 5.68. The molecule has 1 aromatic carbocycles. The zero-order valence-electron chi connectivity index (χ0n) is 15.7. The summed E-state index contributed by atoms with van der Waals surface area (Å²) in [6, 6.07) is 11.7. The number of hydrogen-bond donors (Lipinski definition) is 0. The van der Waals surface area contributed by atoms with Crippen LogP contribution in [0.2, 0.25) is 0 Å². The predicted octanol–water partition coefficient (Wildman–Crippen LogP) is 4.97. The second-order valence-corrected chi connectivity index (χ2v) is 7.70. The quantitative estimate of drug-likeness (QED) is 0.775. The number of carbonyl (C=O) groups is 1. The summed E-state index contributed by atoms with van der Waals surface area (Å²) in [7, 11) is 0. The Hall–Kier alpha value is -2.43. The molecule has 1 amide bonds. The molecule has 2 aromatic rings. The van der Waals surface area contributed by atoms with Crippen molar-refractivity contribution in [2.45, 2.75) is 39.2 Å². The van der Waals surface area contributed by atoms with E-state index in [2.05, 4.69) is 0 Å². The van der Waals surface area contributed by atoms with E-state index >= 15 is 0 Å². The van der Waals surface area contributed by atoms with Crippen molar-refractivity contribution < 1.29 is 18.7 Å². The Kier molecular flexibility index (Phi) is 5.55. The van der Waals surface area contributed by atoms with E-state index < -0.39 is 5.60 Å². The van der Waals surface area contributed by atoms with Gasteiger partial charge in [-0.3, -0.25) is 0 Å². The topological polar surface area (TPSA) is 51.9 Å². The summed E-state index contributed by atoms with van der Waals surface area (Å²) in [6.07, 6.45) is 3.28. The lowest BCUT2D eigenvalue weighted by Gasteiger charge is -2.33. The largest absolute Gasteiger partial charge is 0.493 e. The van der Waals surface area contributed by atoms with Gasteiger partial charge in [0, 0.05) is 13.1 Å². The Morgan fingerprint density at radius 3 is 2.54 bits per heavy atom. The molecule has 140 valence electrons. The molecule has 5 nitrogen and oxygen atoms in total. The lowest BCUT2D eigenvalue weighted by Crippen LogP contribution is -2.42. The molecule has 0 aliphatic carbocycles. The number of furan rings is 1. The first-order valence-electron chi connectivity index (χ1n) is 9.16. The fourth-order valence-corrected chi connectivity index (χ4v) is 3.04. The van der Waals surface area contributed by atoms with E-state index in [0.717, 1.165) is 29.9 Å². The summed E-state index contributed by atoms with van der Waals surface area (Å²) < 4.78 is 17.0. The number of para-hydroxylation sites is 1. The number of amides is 1. The fourth-order valence-electron chi connectivity index (χ4n) is 3.04. The molecule has 1 saturated heterocycles. The maximum atomic E-state index is 12.1. The van der Waals surface area contributed by atoms with E-state index in [0.29, 0.717) is 25.6 Å². The molecule has 3 rings (SSSR count). The van der Waals surface area contributed by atoms with Gasteiger partial charge in [-0.1, -0.05) is 12.1 Å². The first kappa shape index (κ1) is 18.4. The van der Waals surface area contributed by atoms with Gasteiger partial charge < -0.3 is 18.8 Å². The van der Waals surface area contributed by atoms with Gasteiger partial charge in [-0.05, 0) is 63.8 Å². The number of piperidine rings is 1. The smallest absolute Gasteiger partial charge is 0.410 e. The van der Waals surface area contributed by atoms with Crippen molar-refractivity contribution in [2.24, 2.45) is 5.92 Å². The standard InChI is InChI=1S/C21H27NO4/c1-21(2,3)26-20(23)22-12-10-16(11-13-22)15-25-19-8-5-4-7-17(19)18-9-6-14-24-18/h4-9,14,16H,10-13,15H2,1-3H3. The SMILES string of the molecule is CC(C)(C)OC(=O)N1CCC(COc2ccccc2-c2ccco2)CC1. The van der Waals surface area contributed by atoms with Crippen LogP contribution in [0.1, 0.15) is 33.6 Å². The van der Waals surface area contributed by atoms with Gasteiger partial charge in [-0.2, -0.15) is 0 Å². The van der Waals surface area contributed by atoms with Crippen molar-refractivity contribution in [3.05, 3.63) is 42.7 Å². The second kappa shape index (κ2) is 7.85. The third-order valence-electron chi connectivity index (χ3n) is 4.41. The summed E-state index contributed by atoms with van der Waals surface area (Å²) in [5, 5.41) is 0. The highest BCUT2D eigenvalue weighted by Gasteiger charge is 2.27. The van der Waals surface area contributed by atoms with Gasteiger partial charge in [0.25, 0.3) is 0 Å². The molecular formula is C21H27NO4. The zero-order chi connectivity index (χ0) is 18.6. The average molecular weight is 357 g/mol. The van der Waals surface area contributed by atoms with Gasteiger partial charge in [0.15, 0.2) is 0 Å². The van der Waals surface area contributed by atoms with Crippen LogP contribution in [0.3, 0.4) is 0 Å². The number of benzene rings is 1. The van der Waals surface area contributed by atoms with Crippen LogP contribution >= 0.6 is 0 Å². The molecule has 0 unspecified atom stereocenters. The van der Waals surface area contributed by atoms with Crippen molar-refractivity contribution >= 4 is 6.09 Å². The van der Waals surface area contributed by atoms with Gasteiger partial charge in [-0.15, -0.1) is 0 Å². The van der Waals surface area contributed by atoms with Crippen molar-refractivity contribution in [2.75, 3.05) is 19.7 Å². The summed E-state index contributed by atoms with van der Waals surface area (Å²) in [5.74, 6) is 2.07. The summed E-state index contributed by atoms with van der Waals surface area (Å²) in [4.78, 5) is 13.9. The molecule has 0 bridgehead atoms. The molecular weight excluding hydrogens is 330 g/mol. The minimum absolute atomic E-state index is 0.222. The Bertz CT molecular complexity index is 710. The molecule has 0 atom stereocenters. The van der Waals surface area contributed by atoms with Crippen LogP contribution < -0.4 is 4.74 Å². The lowest BCUT2D eigenvalue weighted by molar-refractivity contribution is 0.0165.